The zero-order valence-corrected chi connectivity index (χ0v) is 11.7. The minimum absolute atomic E-state index is 0.145. The second-order valence-corrected chi connectivity index (χ2v) is 7.66. The van der Waals surface area contributed by atoms with Crippen LogP contribution < -0.4 is 0 Å². The van der Waals surface area contributed by atoms with Crippen molar-refractivity contribution in [1.29, 1.82) is 0 Å². The third kappa shape index (κ3) is 2.24. The van der Waals surface area contributed by atoms with E-state index in [4.69, 9.17) is 6.42 Å². The Balaban J connectivity index is 1.95. The van der Waals surface area contributed by atoms with E-state index in [0.717, 1.165) is 30.4 Å². The molecular formula is C16H18O2S. The second kappa shape index (κ2) is 4.77. The fourth-order valence-corrected chi connectivity index (χ4v) is 5.64. The summed E-state index contributed by atoms with van der Waals surface area (Å²) in [5.74, 6) is 2.61. The molecule has 2 saturated heterocycles. The summed E-state index contributed by atoms with van der Waals surface area (Å²) in [5.41, 5.74) is 0.829. The van der Waals surface area contributed by atoms with Gasteiger partial charge in [-0.05, 0) is 43.4 Å². The molecule has 0 aromatic heterocycles. The van der Waals surface area contributed by atoms with Gasteiger partial charge in [-0.2, -0.15) is 0 Å². The highest BCUT2D eigenvalue weighted by Gasteiger charge is 2.46. The summed E-state index contributed by atoms with van der Waals surface area (Å²) in [6.07, 6.45) is 9.71. The summed E-state index contributed by atoms with van der Waals surface area (Å²) in [6.45, 7) is 0. The summed E-state index contributed by atoms with van der Waals surface area (Å²) in [5, 5.41) is 11.3. The lowest BCUT2D eigenvalue weighted by Gasteiger charge is -2.43. The molecule has 0 spiro atoms. The van der Waals surface area contributed by atoms with Gasteiger partial charge < -0.3 is 5.11 Å². The van der Waals surface area contributed by atoms with Crippen LogP contribution in [0.15, 0.2) is 24.3 Å². The smallest absolute Gasteiger partial charge is 0.0919 e. The molecule has 0 radical (unpaired) electrons. The molecule has 1 N–H and O–H groups in total. The predicted octanol–water partition coefficient (Wildman–Crippen LogP) is 2.32. The van der Waals surface area contributed by atoms with E-state index >= 15 is 0 Å². The van der Waals surface area contributed by atoms with Gasteiger partial charge in [0.05, 0.1) is 5.60 Å². The molecule has 1 aromatic rings. The fourth-order valence-electron chi connectivity index (χ4n) is 3.42. The van der Waals surface area contributed by atoms with Crippen molar-refractivity contribution in [3.63, 3.8) is 0 Å². The van der Waals surface area contributed by atoms with Crippen molar-refractivity contribution in [2.75, 3.05) is 0 Å². The molecule has 0 amide bonds. The lowest BCUT2D eigenvalue weighted by molar-refractivity contribution is 0.00652. The number of aliphatic hydroxyl groups is 1. The largest absolute Gasteiger partial charge is 0.385 e. The van der Waals surface area contributed by atoms with Gasteiger partial charge in [0.1, 0.15) is 0 Å². The molecule has 2 fully saturated rings. The molecule has 3 rings (SSSR count). The molecule has 0 saturated carbocycles. The molecule has 100 valence electrons. The first-order valence-corrected chi connectivity index (χ1v) is 8.09. The zero-order valence-electron chi connectivity index (χ0n) is 10.8. The molecule has 2 heterocycles. The van der Waals surface area contributed by atoms with Gasteiger partial charge in [-0.25, -0.2) is 0 Å². The van der Waals surface area contributed by atoms with Gasteiger partial charge in [0.25, 0.3) is 0 Å². The van der Waals surface area contributed by atoms with Crippen LogP contribution in [0.25, 0.3) is 0 Å². The van der Waals surface area contributed by atoms with E-state index in [2.05, 4.69) is 5.92 Å². The van der Waals surface area contributed by atoms with Crippen LogP contribution in [-0.4, -0.2) is 19.8 Å². The Kier molecular flexibility index (Phi) is 3.24. The first-order valence-electron chi connectivity index (χ1n) is 6.81. The normalized spacial score (nSPS) is 37.6. The number of fused-ring (bicyclic) bond motifs is 2. The fraction of sp³-hybridized carbons (Fsp3) is 0.500. The van der Waals surface area contributed by atoms with Crippen LogP contribution >= 0.6 is 0 Å². The maximum Gasteiger partial charge on any atom is 0.0919 e. The quantitative estimate of drug-likeness (QED) is 0.798. The van der Waals surface area contributed by atoms with Crippen LogP contribution in [0.3, 0.4) is 0 Å². The van der Waals surface area contributed by atoms with E-state index in [1.165, 1.54) is 0 Å². The summed E-state index contributed by atoms with van der Waals surface area (Å²) in [6, 6.07) is 7.59. The van der Waals surface area contributed by atoms with Gasteiger partial charge in [0, 0.05) is 26.9 Å². The van der Waals surface area contributed by atoms with E-state index in [0.29, 0.717) is 12.8 Å². The number of hydrogen-bond acceptors (Lipinski definition) is 2. The number of rotatable bonds is 1. The molecule has 1 aromatic carbocycles. The molecular weight excluding hydrogens is 256 g/mol. The molecule has 2 nitrogen and oxygen atoms in total. The Morgan fingerprint density at radius 3 is 2.63 bits per heavy atom. The number of terminal acetylenes is 1. The lowest BCUT2D eigenvalue weighted by atomic mass is 9.80. The molecule has 2 aliphatic heterocycles. The summed E-state index contributed by atoms with van der Waals surface area (Å²) in [4.78, 5) is 0. The molecule has 3 heteroatoms. The Hall–Kier alpha value is -1.11. The van der Waals surface area contributed by atoms with Crippen molar-refractivity contribution in [2.24, 2.45) is 0 Å². The van der Waals surface area contributed by atoms with Crippen LogP contribution in [0.4, 0.5) is 0 Å². The summed E-state index contributed by atoms with van der Waals surface area (Å²) >= 11 is 0. The van der Waals surface area contributed by atoms with Gasteiger partial charge in [0.15, 0.2) is 0 Å². The molecule has 2 aliphatic rings. The van der Waals surface area contributed by atoms with Crippen LogP contribution in [0.1, 0.15) is 43.2 Å². The highest BCUT2D eigenvalue weighted by atomic mass is 32.2. The molecule has 2 atom stereocenters. The van der Waals surface area contributed by atoms with E-state index < -0.39 is 16.4 Å². The van der Waals surface area contributed by atoms with E-state index in [-0.39, 0.29) is 10.5 Å². The third-order valence-electron chi connectivity index (χ3n) is 4.41. The SMILES string of the molecule is C#Cc1cccc(C2(O)CC3CCCC(C2)S3=O)c1. The highest BCUT2D eigenvalue weighted by molar-refractivity contribution is 7.86. The minimum Gasteiger partial charge on any atom is -0.385 e. The van der Waals surface area contributed by atoms with Crippen LogP contribution in [0, 0.1) is 12.3 Å². The maximum atomic E-state index is 12.2. The van der Waals surface area contributed by atoms with Crippen molar-refractivity contribution in [2.45, 2.75) is 48.2 Å². The Bertz CT molecular complexity index is 542. The highest BCUT2D eigenvalue weighted by Crippen LogP contribution is 2.44. The monoisotopic (exact) mass is 274 g/mol. The lowest BCUT2D eigenvalue weighted by Crippen LogP contribution is -2.47. The van der Waals surface area contributed by atoms with Gasteiger partial charge in [-0.3, -0.25) is 4.21 Å². The first kappa shape index (κ1) is 12.9. The van der Waals surface area contributed by atoms with Gasteiger partial charge >= 0.3 is 0 Å². The molecule has 2 bridgehead atoms. The molecule has 19 heavy (non-hydrogen) atoms. The van der Waals surface area contributed by atoms with E-state index in [1.807, 2.05) is 24.3 Å². The van der Waals surface area contributed by atoms with Crippen molar-refractivity contribution in [3.05, 3.63) is 35.4 Å². The van der Waals surface area contributed by atoms with Gasteiger partial charge in [0.2, 0.25) is 0 Å². The molecule has 0 aliphatic carbocycles. The average Bonchev–Trinajstić information content (AvgIpc) is 2.41. The number of benzene rings is 1. The maximum absolute atomic E-state index is 12.2. The summed E-state index contributed by atoms with van der Waals surface area (Å²) < 4.78 is 12.2. The summed E-state index contributed by atoms with van der Waals surface area (Å²) in [7, 11) is -0.764. The Labute approximate surface area is 116 Å². The van der Waals surface area contributed by atoms with Crippen molar-refractivity contribution in [3.8, 4) is 12.3 Å². The standard InChI is InChI=1S/C16H18O2S/c1-2-12-5-3-6-13(9-12)16(17)10-14-7-4-8-15(11-16)19(14)18/h1,3,5-6,9,14-15,17H,4,7-8,10-11H2. The van der Waals surface area contributed by atoms with Crippen LogP contribution in [0.5, 0.6) is 0 Å². The Morgan fingerprint density at radius 1 is 1.32 bits per heavy atom. The van der Waals surface area contributed by atoms with Crippen LogP contribution in [-0.2, 0) is 16.4 Å². The second-order valence-electron chi connectivity index (χ2n) is 5.67. The third-order valence-corrected chi connectivity index (χ3v) is 6.53. The zero-order chi connectivity index (χ0) is 13.5. The first-order chi connectivity index (χ1) is 9.12. The predicted molar refractivity (Wildman–Crippen MR) is 77.1 cm³/mol. The molecule has 2 unspecified atom stereocenters. The average molecular weight is 274 g/mol. The number of hydrogen-bond donors (Lipinski definition) is 1. The van der Waals surface area contributed by atoms with Gasteiger partial charge in [-0.15, -0.1) is 6.42 Å². The van der Waals surface area contributed by atoms with Crippen LogP contribution in [0.2, 0.25) is 0 Å². The van der Waals surface area contributed by atoms with Crippen molar-refractivity contribution >= 4 is 10.8 Å². The topological polar surface area (TPSA) is 37.3 Å². The minimum atomic E-state index is -0.851. The van der Waals surface area contributed by atoms with Crippen molar-refractivity contribution < 1.29 is 9.32 Å². The Morgan fingerprint density at radius 2 is 2.00 bits per heavy atom. The van der Waals surface area contributed by atoms with E-state index in [9.17, 15) is 9.32 Å². The van der Waals surface area contributed by atoms with Gasteiger partial charge in [-0.1, -0.05) is 24.5 Å². The van der Waals surface area contributed by atoms with Crippen molar-refractivity contribution in [1.82, 2.24) is 0 Å². The van der Waals surface area contributed by atoms with E-state index in [1.54, 1.807) is 0 Å².